The van der Waals surface area contributed by atoms with Crippen LogP contribution < -0.4 is 9.47 Å². The number of imide groups is 1. The highest BCUT2D eigenvalue weighted by molar-refractivity contribution is 6.08. The quantitative estimate of drug-likeness (QED) is 0.427. The van der Waals surface area contributed by atoms with Crippen molar-refractivity contribution >= 4 is 18.0 Å². The van der Waals surface area contributed by atoms with E-state index in [1.807, 2.05) is 37.3 Å². The first kappa shape index (κ1) is 20.7. The summed E-state index contributed by atoms with van der Waals surface area (Å²) >= 11 is 0. The summed E-state index contributed by atoms with van der Waals surface area (Å²) in [6.07, 6.45) is 1.54. The van der Waals surface area contributed by atoms with E-state index in [4.69, 9.17) is 9.47 Å². The third-order valence-corrected chi connectivity index (χ3v) is 7.24. The Morgan fingerprint density at radius 1 is 0.824 bits per heavy atom. The molecule has 1 fully saturated rings. The van der Waals surface area contributed by atoms with Gasteiger partial charge in [-0.05, 0) is 52.9 Å². The standard InChI is InChI=1S/C28H24N2O4/c1-3-34-21-13-12-16(14-22(21)33-2)15-29-30-27(31)25-23-17-8-4-5-9-18(17)24(26(25)28(30)32)20-11-7-6-10-19(20)23/h4-15,23-26H,3H2,1-2H3/b29-15-/t23?,24?,25-,26-/m0/s1. The molecule has 2 amide bonds. The summed E-state index contributed by atoms with van der Waals surface area (Å²) in [5.74, 6) is -0.403. The van der Waals surface area contributed by atoms with Crippen LogP contribution >= 0.6 is 0 Å². The largest absolute Gasteiger partial charge is 0.493 e. The first-order valence-electron chi connectivity index (χ1n) is 11.5. The maximum atomic E-state index is 13.6. The molecule has 4 aliphatic rings. The highest BCUT2D eigenvalue weighted by Crippen LogP contribution is 2.60. The van der Waals surface area contributed by atoms with E-state index in [-0.39, 0.29) is 23.7 Å². The zero-order chi connectivity index (χ0) is 23.4. The fourth-order valence-electron chi connectivity index (χ4n) is 5.94. The summed E-state index contributed by atoms with van der Waals surface area (Å²) in [4.78, 5) is 27.2. The van der Waals surface area contributed by atoms with Crippen LogP contribution in [-0.4, -0.2) is 36.8 Å². The number of ether oxygens (including phenoxy) is 2. The van der Waals surface area contributed by atoms with Crippen LogP contribution in [0.15, 0.2) is 71.8 Å². The lowest BCUT2D eigenvalue weighted by molar-refractivity contribution is -0.139. The van der Waals surface area contributed by atoms with E-state index in [1.165, 1.54) is 6.21 Å². The van der Waals surface area contributed by atoms with Crippen LogP contribution in [0, 0.1) is 11.8 Å². The summed E-state index contributed by atoms with van der Waals surface area (Å²) in [6, 6.07) is 21.8. The Kier molecular flexibility index (Phi) is 4.76. The number of carbonyl (C=O) groups is 2. The van der Waals surface area contributed by atoms with E-state index in [9.17, 15) is 9.59 Å². The maximum Gasteiger partial charge on any atom is 0.254 e. The minimum Gasteiger partial charge on any atom is -0.493 e. The van der Waals surface area contributed by atoms with Crippen LogP contribution in [0.5, 0.6) is 11.5 Å². The predicted molar refractivity (Wildman–Crippen MR) is 127 cm³/mol. The van der Waals surface area contributed by atoms with Gasteiger partial charge in [0, 0.05) is 11.8 Å². The van der Waals surface area contributed by atoms with Gasteiger partial charge in [-0.2, -0.15) is 10.1 Å². The normalized spacial score (nSPS) is 24.2. The van der Waals surface area contributed by atoms with Gasteiger partial charge in [-0.25, -0.2) is 0 Å². The number of methoxy groups -OCH3 is 1. The van der Waals surface area contributed by atoms with Crippen LogP contribution in [0.1, 0.15) is 46.6 Å². The van der Waals surface area contributed by atoms with Gasteiger partial charge < -0.3 is 9.47 Å². The Balaban J connectivity index is 1.37. The first-order chi connectivity index (χ1) is 16.6. The Bertz CT molecular complexity index is 1230. The van der Waals surface area contributed by atoms with Crippen molar-refractivity contribution in [3.8, 4) is 11.5 Å². The van der Waals surface area contributed by atoms with Gasteiger partial charge in [0.25, 0.3) is 11.8 Å². The van der Waals surface area contributed by atoms with E-state index < -0.39 is 11.8 Å². The van der Waals surface area contributed by atoms with Gasteiger partial charge in [0.15, 0.2) is 11.5 Å². The second kappa shape index (κ2) is 7.83. The zero-order valence-corrected chi connectivity index (χ0v) is 19.0. The number of carbonyl (C=O) groups excluding carboxylic acids is 2. The van der Waals surface area contributed by atoms with E-state index in [0.717, 1.165) is 27.3 Å². The highest BCUT2D eigenvalue weighted by atomic mass is 16.5. The molecule has 1 aliphatic heterocycles. The Hall–Kier alpha value is -3.93. The monoisotopic (exact) mass is 452 g/mol. The molecule has 170 valence electrons. The summed E-state index contributed by atoms with van der Waals surface area (Å²) in [6.45, 7) is 2.43. The molecule has 0 N–H and O–H groups in total. The summed E-state index contributed by atoms with van der Waals surface area (Å²) in [5, 5.41) is 5.45. The van der Waals surface area contributed by atoms with Crippen LogP contribution in [-0.2, 0) is 9.59 Å². The molecular formula is C28H24N2O4. The number of rotatable bonds is 5. The van der Waals surface area contributed by atoms with E-state index in [1.54, 1.807) is 19.2 Å². The number of hydrogen-bond donors (Lipinski definition) is 0. The predicted octanol–water partition coefficient (Wildman–Crippen LogP) is 4.32. The zero-order valence-electron chi connectivity index (χ0n) is 19.0. The second-order valence-corrected chi connectivity index (χ2v) is 8.84. The van der Waals surface area contributed by atoms with Crippen molar-refractivity contribution in [1.82, 2.24) is 5.01 Å². The third-order valence-electron chi connectivity index (χ3n) is 7.24. The van der Waals surface area contributed by atoms with Crippen LogP contribution in [0.4, 0.5) is 0 Å². The fourth-order valence-corrected chi connectivity index (χ4v) is 5.94. The lowest BCUT2D eigenvalue weighted by atomic mass is 9.55. The molecule has 3 aliphatic carbocycles. The Morgan fingerprint density at radius 2 is 1.35 bits per heavy atom. The van der Waals surface area contributed by atoms with Gasteiger partial charge in [-0.3, -0.25) is 9.59 Å². The van der Waals surface area contributed by atoms with E-state index in [2.05, 4.69) is 29.4 Å². The number of amides is 2. The molecule has 0 radical (unpaired) electrons. The third kappa shape index (κ3) is 2.84. The average Bonchev–Trinajstić information content (AvgIpc) is 3.13. The van der Waals surface area contributed by atoms with Crippen LogP contribution in [0.2, 0.25) is 0 Å². The van der Waals surface area contributed by atoms with Gasteiger partial charge in [-0.1, -0.05) is 48.5 Å². The molecular weight excluding hydrogens is 428 g/mol. The van der Waals surface area contributed by atoms with Crippen molar-refractivity contribution in [2.45, 2.75) is 18.8 Å². The molecule has 1 heterocycles. The highest BCUT2D eigenvalue weighted by Gasteiger charge is 2.61. The SMILES string of the molecule is CCOc1ccc(/C=N\N2C(=O)[C@H]3C4c5ccccc5C(c5ccccc54)[C@@H]3C2=O)cc1OC. The lowest BCUT2D eigenvalue weighted by Crippen LogP contribution is -2.41. The molecule has 0 saturated carbocycles. The molecule has 3 aromatic carbocycles. The Morgan fingerprint density at radius 3 is 1.82 bits per heavy atom. The Labute approximate surface area is 197 Å². The minimum absolute atomic E-state index is 0.135. The van der Waals surface area contributed by atoms with Gasteiger partial charge in [0.2, 0.25) is 0 Å². The average molecular weight is 453 g/mol. The molecule has 3 aromatic rings. The van der Waals surface area contributed by atoms with E-state index in [0.29, 0.717) is 23.7 Å². The first-order valence-corrected chi connectivity index (χ1v) is 11.5. The molecule has 0 aromatic heterocycles. The van der Waals surface area contributed by atoms with Crippen molar-refractivity contribution in [2.75, 3.05) is 13.7 Å². The fraction of sp³-hybridized carbons (Fsp3) is 0.250. The second-order valence-electron chi connectivity index (χ2n) is 8.84. The summed E-state index contributed by atoms with van der Waals surface area (Å²) in [7, 11) is 1.57. The van der Waals surface area contributed by atoms with Gasteiger partial charge in [0.1, 0.15) is 0 Å². The molecule has 0 spiro atoms. The molecule has 2 atom stereocenters. The van der Waals surface area contributed by atoms with Crippen molar-refractivity contribution < 1.29 is 19.1 Å². The number of benzene rings is 3. The van der Waals surface area contributed by atoms with Gasteiger partial charge >= 0.3 is 0 Å². The van der Waals surface area contributed by atoms with Crippen molar-refractivity contribution in [3.05, 3.63) is 94.5 Å². The van der Waals surface area contributed by atoms with Crippen LogP contribution in [0.3, 0.4) is 0 Å². The molecule has 6 heteroatoms. The molecule has 7 rings (SSSR count). The topological polar surface area (TPSA) is 68.2 Å². The summed E-state index contributed by atoms with van der Waals surface area (Å²) < 4.78 is 11.0. The van der Waals surface area contributed by atoms with Crippen molar-refractivity contribution in [2.24, 2.45) is 16.9 Å². The molecule has 6 nitrogen and oxygen atoms in total. The lowest BCUT2D eigenvalue weighted by Gasteiger charge is -2.45. The number of hydrazone groups is 1. The van der Waals surface area contributed by atoms with E-state index >= 15 is 0 Å². The molecule has 2 bridgehead atoms. The van der Waals surface area contributed by atoms with Crippen LogP contribution in [0.25, 0.3) is 0 Å². The van der Waals surface area contributed by atoms with Gasteiger partial charge in [0.05, 0.1) is 31.8 Å². The number of nitrogens with zero attached hydrogens (tertiary/aromatic N) is 2. The summed E-state index contributed by atoms with van der Waals surface area (Å²) in [5.41, 5.74) is 5.31. The number of hydrogen-bond acceptors (Lipinski definition) is 5. The van der Waals surface area contributed by atoms with Crippen molar-refractivity contribution in [3.63, 3.8) is 0 Å². The van der Waals surface area contributed by atoms with Gasteiger partial charge in [-0.15, -0.1) is 0 Å². The van der Waals surface area contributed by atoms with Crippen molar-refractivity contribution in [1.29, 1.82) is 0 Å². The smallest absolute Gasteiger partial charge is 0.254 e. The molecule has 34 heavy (non-hydrogen) atoms. The molecule has 0 unspecified atom stereocenters. The maximum absolute atomic E-state index is 13.6. The molecule has 1 saturated heterocycles. The minimum atomic E-state index is -0.436.